The first-order valence-electron chi connectivity index (χ1n) is 8.05. The second-order valence-corrected chi connectivity index (χ2v) is 6.79. The van der Waals surface area contributed by atoms with E-state index in [4.69, 9.17) is 9.26 Å². The van der Waals surface area contributed by atoms with Crippen LogP contribution in [0.2, 0.25) is 0 Å². The molecule has 0 atom stereocenters. The molecule has 136 valence electrons. The Labute approximate surface area is 156 Å². The van der Waals surface area contributed by atoms with Crippen LogP contribution < -0.4 is 5.56 Å². The summed E-state index contributed by atoms with van der Waals surface area (Å²) in [5, 5.41) is 4.34. The van der Waals surface area contributed by atoms with Gasteiger partial charge >= 0.3 is 5.97 Å². The third-order valence-corrected chi connectivity index (χ3v) is 5.20. The first kappa shape index (κ1) is 17.1. The predicted octanol–water partition coefficient (Wildman–Crippen LogP) is 2.72. The van der Waals surface area contributed by atoms with Gasteiger partial charge in [0.15, 0.2) is 0 Å². The van der Waals surface area contributed by atoms with Gasteiger partial charge < -0.3 is 14.2 Å². The molecular formula is C18H14N4O4S. The lowest BCUT2D eigenvalue weighted by Gasteiger charge is -1.97. The van der Waals surface area contributed by atoms with Crippen LogP contribution in [0.1, 0.15) is 27.0 Å². The lowest BCUT2D eigenvalue weighted by atomic mass is 10.2. The van der Waals surface area contributed by atoms with Gasteiger partial charge in [-0.15, -0.1) is 11.3 Å². The Bertz CT molecular complexity index is 1190. The summed E-state index contributed by atoms with van der Waals surface area (Å²) in [5.74, 6) is 0.695. The van der Waals surface area contributed by atoms with Crippen molar-refractivity contribution >= 4 is 27.5 Å². The van der Waals surface area contributed by atoms with Crippen LogP contribution in [0.4, 0.5) is 0 Å². The van der Waals surface area contributed by atoms with Gasteiger partial charge in [0.2, 0.25) is 11.7 Å². The zero-order chi connectivity index (χ0) is 19.0. The molecule has 4 rings (SSSR count). The Balaban J connectivity index is 1.68. The zero-order valence-corrected chi connectivity index (χ0v) is 15.3. The van der Waals surface area contributed by atoms with Gasteiger partial charge in [0.1, 0.15) is 15.5 Å². The summed E-state index contributed by atoms with van der Waals surface area (Å²) in [6, 6.07) is 9.43. The molecule has 3 heterocycles. The molecule has 0 bridgehead atoms. The molecule has 8 nitrogen and oxygen atoms in total. The van der Waals surface area contributed by atoms with Gasteiger partial charge in [0, 0.05) is 5.56 Å². The minimum absolute atomic E-state index is 0.176. The summed E-state index contributed by atoms with van der Waals surface area (Å²) in [6.45, 7) is 1.70. The summed E-state index contributed by atoms with van der Waals surface area (Å²) < 4.78 is 10.0. The fourth-order valence-electron chi connectivity index (χ4n) is 2.73. The Hall–Kier alpha value is -3.33. The number of hydrogen-bond acceptors (Lipinski definition) is 8. The third kappa shape index (κ3) is 3.13. The normalized spacial score (nSPS) is 11.0. The summed E-state index contributed by atoms with van der Waals surface area (Å²) in [4.78, 5) is 36.6. The van der Waals surface area contributed by atoms with Crippen molar-refractivity contribution in [3.63, 3.8) is 0 Å². The number of nitrogens with one attached hydrogen (secondary N) is 1. The fourth-order valence-corrected chi connectivity index (χ4v) is 3.85. The van der Waals surface area contributed by atoms with E-state index in [1.54, 1.807) is 6.92 Å². The lowest BCUT2D eigenvalue weighted by molar-refractivity contribution is 0.0605. The van der Waals surface area contributed by atoms with Crippen molar-refractivity contribution in [1.82, 2.24) is 20.1 Å². The van der Waals surface area contributed by atoms with Crippen molar-refractivity contribution in [2.24, 2.45) is 0 Å². The monoisotopic (exact) mass is 382 g/mol. The van der Waals surface area contributed by atoms with Crippen molar-refractivity contribution < 1.29 is 14.1 Å². The topological polar surface area (TPSA) is 111 Å². The van der Waals surface area contributed by atoms with Gasteiger partial charge in [-0.05, 0) is 12.5 Å². The number of ether oxygens (including phenoxy) is 1. The van der Waals surface area contributed by atoms with E-state index in [2.05, 4.69) is 20.1 Å². The highest BCUT2D eigenvalue weighted by molar-refractivity contribution is 7.20. The maximum absolute atomic E-state index is 12.5. The number of benzene rings is 1. The maximum atomic E-state index is 12.5. The van der Waals surface area contributed by atoms with Crippen molar-refractivity contribution in [2.45, 2.75) is 13.3 Å². The largest absolute Gasteiger partial charge is 0.465 e. The molecule has 0 aliphatic carbocycles. The molecule has 0 radical (unpaired) electrons. The molecule has 0 aliphatic heterocycles. The second-order valence-electron chi connectivity index (χ2n) is 5.80. The van der Waals surface area contributed by atoms with Crippen LogP contribution in [0.15, 0.2) is 39.6 Å². The molecule has 0 saturated heterocycles. The van der Waals surface area contributed by atoms with E-state index < -0.39 is 5.97 Å². The van der Waals surface area contributed by atoms with Crippen LogP contribution >= 0.6 is 11.3 Å². The molecule has 0 spiro atoms. The SMILES string of the molecule is COC(=O)c1sc2nc(Cc3nc(-c4ccccc4)no3)[nH]c(=O)c2c1C. The highest BCUT2D eigenvalue weighted by Crippen LogP contribution is 2.27. The number of rotatable bonds is 4. The van der Waals surface area contributed by atoms with Gasteiger partial charge in [-0.3, -0.25) is 4.79 Å². The van der Waals surface area contributed by atoms with E-state index in [0.717, 1.165) is 16.9 Å². The van der Waals surface area contributed by atoms with Gasteiger partial charge in [0.05, 0.1) is 18.9 Å². The summed E-state index contributed by atoms with van der Waals surface area (Å²) in [7, 11) is 1.30. The molecule has 4 aromatic rings. The number of esters is 1. The highest BCUT2D eigenvalue weighted by atomic mass is 32.1. The van der Waals surface area contributed by atoms with Crippen LogP contribution in [0.25, 0.3) is 21.6 Å². The van der Waals surface area contributed by atoms with Crippen molar-refractivity contribution in [2.75, 3.05) is 7.11 Å². The van der Waals surface area contributed by atoms with Crippen molar-refractivity contribution in [3.05, 3.63) is 62.8 Å². The number of aromatic amines is 1. The number of H-pyrrole nitrogens is 1. The van der Waals surface area contributed by atoms with Crippen LogP contribution in [-0.2, 0) is 11.2 Å². The Morgan fingerprint density at radius 1 is 1.26 bits per heavy atom. The Kier molecular flexibility index (Phi) is 4.28. The predicted molar refractivity (Wildman–Crippen MR) is 98.9 cm³/mol. The smallest absolute Gasteiger partial charge is 0.348 e. The molecular weight excluding hydrogens is 368 g/mol. The second kappa shape index (κ2) is 6.76. The summed E-state index contributed by atoms with van der Waals surface area (Å²) >= 11 is 1.13. The van der Waals surface area contributed by atoms with Crippen LogP contribution in [0, 0.1) is 6.92 Å². The van der Waals surface area contributed by atoms with E-state index in [9.17, 15) is 9.59 Å². The number of methoxy groups -OCH3 is 1. The Morgan fingerprint density at radius 3 is 2.78 bits per heavy atom. The number of aromatic nitrogens is 4. The average molecular weight is 382 g/mol. The highest BCUT2D eigenvalue weighted by Gasteiger charge is 2.20. The Morgan fingerprint density at radius 2 is 2.04 bits per heavy atom. The van der Waals surface area contributed by atoms with Gasteiger partial charge in [-0.1, -0.05) is 35.5 Å². The number of fused-ring (bicyclic) bond motifs is 1. The molecule has 0 aliphatic rings. The number of aryl methyl sites for hydroxylation is 1. The first-order chi connectivity index (χ1) is 13.1. The molecule has 1 N–H and O–H groups in total. The van der Waals surface area contributed by atoms with Crippen molar-refractivity contribution in [3.8, 4) is 11.4 Å². The molecule has 0 fully saturated rings. The minimum atomic E-state index is -0.485. The number of thiophene rings is 1. The molecule has 0 unspecified atom stereocenters. The van der Waals surface area contributed by atoms with Crippen LogP contribution in [0.3, 0.4) is 0 Å². The zero-order valence-electron chi connectivity index (χ0n) is 14.5. The van der Waals surface area contributed by atoms with Crippen LogP contribution in [-0.4, -0.2) is 33.2 Å². The average Bonchev–Trinajstić information content (AvgIpc) is 3.27. The van der Waals surface area contributed by atoms with E-state index in [1.807, 2.05) is 30.3 Å². The third-order valence-electron chi connectivity index (χ3n) is 4.04. The molecule has 1 aromatic carbocycles. The van der Waals surface area contributed by atoms with Crippen LogP contribution in [0.5, 0.6) is 0 Å². The van der Waals surface area contributed by atoms with Gasteiger partial charge in [0.25, 0.3) is 5.56 Å². The van der Waals surface area contributed by atoms with E-state index in [-0.39, 0.29) is 12.0 Å². The van der Waals surface area contributed by atoms with Crippen molar-refractivity contribution in [1.29, 1.82) is 0 Å². The number of carbonyl (C=O) groups excluding carboxylic acids is 1. The maximum Gasteiger partial charge on any atom is 0.348 e. The molecule has 0 amide bonds. The molecule has 27 heavy (non-hydrogen) atoms. The fraction of sp³-hybridized carbons (Fsp3) is 0.167. The summed E-state index contributed by atoms with van der Waals surface area (Å²) in [6.07, 6.45) is 0.176. The summed E-state index contributed by atoms with van der Waals surface area (Å²) in [5.41, 5.74) is 1.08. The number of carbonyl (C=O) groups is 1. The van der Waals surface area contributed by atoms with E-state index >= 15 is 0 Å². The molecule has 0 saturated carbocycles. The quantitative estimate of drug-likeness (QED) is 0.540. The first-order valence-corrected chi connectivity index (χ1v) is 8.87. The molecule has 9 heteroatoms. The number of hydrogen-bond donors (Lipinski definition) is 1. The van der Waals surface area contributed by atoms with Gasteiger partial charge in [-0.25, -0.2) is 9.78 Å². The lowest BCUT2D eigenvalue weighted by Crippen LogP contribution is -2.12. The van der Waals surface area contributed by atoms with E-state index in [0.29, 0.717) is 38.2 Å². The number of nitrogens with zero attached hydrogens (tertiary/aromatic N) is 3. The minimum Gasteiger partial charge on any atom is -0.465 e. The van der Waals surface area contributed by atoms with E-state index in [1.165, 1.54) is 7.11 Å². The van der Waals surface area contributed by atoms with Gasteiger partial charge in [-0.2, -0.15) is 4.98 Å². The molecule has 3 aromatic heterocycles. The standard InChI is InChI=1S/C18H14N4O4S/c1-9-13-16(23)19-11(20-17(13)27-14(9)18(24)25-2)8-12-21-15(22-26-12)10-6-4-3-5-7-10/h3-7H,8H2,1-2H3,(H,19,20,23).